The van der Waals surface area contributed by atoms with E-state index >= 15 is 0 Å². The van der Waals surface area contributed by atoms with Gasteiger partial charge in [-0.3, -0.25) is 0 Å². The normalized spacial score (nSPS) is 10.3. The van der Waals surface area contributed by atoms with Crippen LogP contribution in [0.2, 0.25) is 0 Å². The van der Waals surface area contributed by atoms with Gasteiger partial charge >= 0.3 is 36.4 Å². The number of rotatable bonds is 15. The Bertz CT molecular complexity index is 1660. The summed E-state index contributed by atoms with van der Waals surface area (Å²) in [5.41, 5.74) is -2.07. The third kappa shape index (κ3) is 12.4. The first-order valence-electron chi connectivity index (χ1n) is 15.6. The standard InChI is InChI=1S/C35H36O21/c1-35(17-48-32(39)54-51-29(36)23-11-8-20(42-2)14-26(23)45-5,18-49-33(40)55-52-30(37)24-12-9-21(43-3)15-27(24)46-6)19-50-34(41)56-53-31(38)25-13-10-22(44-4)16-28(25)47-7/h8-16H,17-19H2,1-7H3. The van der Waals surface area contributed by atoms with Crippen LogP contribution in [0.3, 0.4) is 0 Å². The molecule has 0 heterocycles. The van der Waals surface area contributed by atoms with E-state index in [1.165, 1.54) is 104 Å². The summed E-state index contributed by atoms with van der Waals surface area (Å²) < 4.78 is 45.5. The Labute approximate surface area is 317 Å². The lowest BCUT2D eigenvalue weighted by molar-refractivity contribution is -0.216. The number of hydrogen-bond donors (Lipinski definition) is 0. The van der Waals surface area contributed by atoms with Crippen LogP contribution in [0.5, 0.6) is 34.5 Å². The molecule has 21 nitrogen and oxygen atoms in total. The first kappa shape index (κ1) is 43.1. The highest BCUT2D eigenvalue weighted by atomic mass is 17.2. The van der Waals surface area contributed by atoms with Crippen LogP contribution in [0, 0.1) is 5.41 Å². The summed E-state index contributed by atoms with van der Waals surface area (Å²) >= 11 is 0. The van der Waals surface area contributed by atoms with Gasteiger partial charge in [0.15, 0.2) is 0 Å². The van der Waals surface area contributed by atoms with Gasteiger partial charge in [-0.25, -0.2) is 43.7 Å². The van der Waals surface area contributed by atoms with E-state index in [9.17, 15) is 28.8 Å². The van der Waals surface area contributed by atoms with Crippen LogP contribution in [-0.2, 0) is 43.5 Å². The molecule has 0 bridgehead atoms. The van der Waals surface area contributed by atoms with Crippen LogP contribution in [0.4, 0.5) is 14.4 Å². The molecule has 0 aliphatic rings. The Kier molecular flexibility index (Phi) is 16.0. The molecule has 0 saturated carbocycles. The van der Waals surface area contributed by atoms with Gasteiger partial charge in [-0.05, 0) is 43.3 Å². The van der Waals surface area contributed by atoms with Crippen molar-refractivity contribution in [2.24, 2.45) is 5.41 Å². The second-order valence-electron chi connectivity index (χ2n) is 11.0. The van der Waals surface area contributed by atoms with Crippen molar-refractivity contribution in [1.82, 2.24) is 0 Å². The fourth-order valence-electron chi connectivity index (χ4n) is 4.15. The summed E-state index contributed by atoms with van der Waals surface area (Å²) in [6.07, 6.45) is -4.69. The van der Waals surface area contributed by atoms with Gasteiger partial charge in [-0.1, -0.05) is 0 Å². The summed E-state index contributed by atoms with van der Waals surface area (Å²) in [6, 6.07) is 12.3. The quantitative estimate of drug-likeness (QED) is 0.0867. The van der Waals surface area contributed by atoms with Crippen molar-refractivity contribution < 1.29 is 101 Å². The highest BCUT2D eigenvalue weighted by molar-refractivity contribution is 5.94. The molecule has 302 valence electrons. The SMILES string of the molecule is COc1ccc(C(=O)OOC(=O)OCC(C)(COC(=O)OOC(=O)c2ccc(OC)cc2OC)COC(=O)OOC(=O)c2ccc(OC)cc2OC)c(OC)c1. The van der Waals surface area contributed by atoms with Gasteiger partial charge in [-0.15, -0.1) is 0 Å². The lowest BCUT2D eigenvalue weighted by Crippen LogP contribution is -2.37. The van der Waals surface area contributed by atoms with Gasteiger partial charge in [0.1, 0.15) is 71.0 Å². The van der Waals surface area contributed by atoms with E-state index < -0.39 is 61.6 Å². The zero-order chi connectivity index (χ0) is 41.3. The molecule has 0 atom stereocenters. The van der Waals surface area contributed by atoms with Crippen molar-refractivity contribution in [3.63, 3.8) is 0 Å². The molecular weight excluding hydrogens is 756 g/mol. The average molecular weight is 793 g/mol. The maximum absolute atomic E-state index is 12.5. The van der Waals surface area contributed by atoms with Gasteiger partial charge in [0.05, 0.1) is 48.1 Å². The fourth-order valence-corrected chi connectivity index (χ4v) is 4.15. The van der Waals surface area contributed by atoms with Crippen molar-refractivity contribution in [2.45, 2.75) is 6.92 Å². The van der Waals surface area contributed by atoms with E-state index in [1.807, 2.05) is 0 Å². The number of methoxy groups -OCH3 is 6. The Hall–Kier alpha value is -7.32. The number of ether oxygens (including phenoxy) is 9. The maximum Gasteiger partial charge on any atom is 0.549 e. The van der Waals surface area contributed by atoms with Gasteiger partial charge in [0.2, 0.25) is 0 Å². The molecule has 0 radical (unpaired) electrons. The fraction of sp³-hybridized carbons (Fsp3) is 0.314. The van der Waals surface area contributed by atoms with Crippen LogP contribution < -0.4 is 28.4 Å². The topological polar surface area (TPSA) is 241 Å². The van der Waals surface area contributed by atoms with Crippen molar-refractivity contribution >= 4 is 36.4 Å². The van der Waals surface area contributed by atoms with Crippen LogP contribution >= 0.6 is 0 Å². The van der Waals surface area contributed by atoms with Crippen molar-refractivity contribution in [1.29, 1.82) is 0 Å². The average Bonchev–Trinajstić information content (AvgIpc) is 3.23. The molecule has 0 fully saturated rings. The van der Waals surface area contributed by atoms with Crippen LogP contribution in [0.25, 0.3) is 0 Å². The third-order valence-corrected chi connectivity index (χ3v) is 7.06. The molecule has 3 aromatic rings. The molecule has 0 unspecified atom stereocenters. The molecular formula is C35H36O21. The Morgan fingerprint density at radius 2 is 0.679 bits per heavy atom. The Morgan fingerprint density at radius 3 is 0.911 bits per heavy atom. The first-order chi connectivity index (χ1) is 26.8. The van der Waals surface area contributed by atoms with E-state index in [1.54, 1.807) is 0 Å². The molecule has 0 saturated heterocycles. The van der Waals surface area contributed by atoms with Gasteiger partial charge in [0, 0.05) is 18.2 Å². The minimum atomic E-state index is -1.66. The van der Waals surface area contributed by atoms with Gasteiger partial charge < -0.3 is 42.6 Å². The van der Waals surface area contributed by atoms with Crippen LogP contribution in [0.1, 0.15) is 38.0 Å². The predicted molar refractivity (Wildman–Crippen MR) is 180 cm³/mol. The monoisotopic (exact) mass is 792 g/mol. The molecule has 0 aliphatic carbocycles. The number of carbonyl (C=O) groups is 6. The van der Waals surface area contributed by atoms with Crippen molar-refractivity contribution in [2.75, 3.05) is 62.5 Å². The molecule has 21 heteroatoms. The highest BCUT2D eigenvalue weighted by Crippen LogP contribution is 2.28. The molecule has 0 N–H and O–H groups in total. The molecule has 56 heavy (non-hydrogen) atoms. The zero-order valence-electron chi connectivity index (χ0n) is 30.9. The van der Waals surface area contributed by atoms with Crippen LogP contribution in [-0.4, -0.2) is 98.9 Å². The van der Waals surface area contributed by atoms with E-state index in [2.05, 4.69) is 29.3 Å². The van der Waals surface area contributed by atoms with E-state index in [0.29, 0.717) is 17.2 Å². The number of carbonyl (C=O) groups excluding carboxylic acids is 6. The van der Waals surface area contributed by atoms with Crippen molar-refractivity contribution in [3.05, 3.63) is 71.3 Å². The number of benzene rings is 3. The minimum Gasteiger partial charge on any atom is -0.497 e. The van der Waals surface area contributed by atoms with Gasteiger partial charge in [-0.2, -0.15) is 14.4 Å². The Morgan fingerprint density at radius 1 is 0.411 bits per heavy atom. The molecule has 0 spiro atoms. The van der Waals surface area contributed by atoms with Crippen molar-refractivity contribution in [3.8, 4) is 34.5 Å². The van der Waals surface area contributed by atoms with E-state index in [4.69, 9.17) is 42.6 Å². The maximum atomic E-state index is 12.5. The van der Waals surface area contributed by atoms with E-state index in [0.717, 1.165) is 0 Å². The highest BCUT2D eigenvalue weighted by Gasteiger charge is 2.33. The lowest BCUT2D eigenvalue weighted by Gasteiger charge is -2.26. The summed E-state index contributed by atoms with van der Waals surface area (Å²) in [7, 11) is 8.03. The Balaban J connectivity index is 1.63. The minimum absolute atomic E-state index is 0.0367. The smallest absolute Gasteiger partial charge is 0.497 e. The molecule has 3 rings (SSSR count). The van der Waals surface area contributed by atoms with E-state index in [-0.39, 0.29) is 33.9 Å². The second-order valence-corrected chi connectivity index (χ2v) is 11.0. The number of hydrogen-bond acceptors (Lipinski definition) is 21. The molecule has 0 aliphatic heterocycles. The molecule has 0 aromatic heterocycles. The summed E-state index contributed by atoms with van der Waals surface area (Å²) in [5.74, 6) is -2.25. The lowest BCUT2D eigenvalue weighted by atomic mass is 9.94. The largest absolute Gasteiger partial charge is 0.549 e. The first-order valence-corrected chi connectivity index (χ1v) is 15.6. The summed E-state index contributed by atoms with van der Waals surface area (Å²) in [5, 5.41) is 0. The third-order valence-electron chi connectivity index (χ3n) is 7.06. The summed E-state index contributed by atoms with van der Waals surface area (Å²) in [4.78, 5) is 102. The summed E-state index contributed by atoms with van der Waals surface area (Å²) in [6.45, 7) is -1.01. The van der Waals surface area contributed by atoms with Crippen LogP contribution in [0.15, 0.2) is 54.6 Å². The predicted octanol–water partition coefficient (Wildman–Crippen LogP) is 4.82. The molecule has 0 amide bonds. The van der Waals surface area contributed by atoms with Gasteiger partial charge in [0.25, 0.3) is 0 Å². The second kappa shape index (κ2) is 20.8. The molecule has 3 aromatic carbocycles. The zero-order valence-corrected chi connectivity index (χ0v) is 30.9.